The number of ether oxygens (including phenoxy) is 2. The third kappa shape index (κ3) is 4.48. The first-order valence-corrected chi connectivity index (χ1v) is 7.80. The smallest absolute Gasteiger partial charge is 0.342 e. The Hall–Kier alpha value is -2.54. The van der Waals surface area contributed by atoms with Gasteiger partial charge in [-0.2, -0.15) is 0 Å². The third-order valence-corrected chi connectivity index (χ3v) is 3.81. The van der Waals surface area contributed by atoms with Gasteiger partial charge in [0.1, 0.15) is 17.1 Å². The number of carbonyl (C=O) groups is 2. The molecular weight excluding hydrogens is 378 g/mol. The molecule has 0 aliphatic rings. The van der Waals surface area contributed by atoms with Gasteiger partial charge in [0.15, 0.2) is 6.61 Å². The predicted molar refractivity (Wildman–Crippen MR) is 92.5 cm³/mol. The highest BCUT2D eigenvalue weighted by atomic mass is 79.9. The number of aryl methyl sites for hydroxylation is 1. The molecule has 126 valence electrons. The Morgan fingerprint density at radius 1 is 1.21 bits per heavy atom. The van der Waals surface area contributed by atoms with Crippen molar-refractivity contribution in [3.8, 4) is 11.5 Å². The van der Waals surface area contributed by atoms with Crippen LogP contribution in [0.25, 0.3) is 0 Å². The molecule has 0 saturated carbocycles. The Bertz CT molecular complexity index is 776. The summed E-state index contributed by atoms with van der Waals surface area (Å²) in [6, 6.07) is 9.61. The summed E-state index contributed by atoms with van der Waals surface area (Å²) in [4.78, 5) is 23.9. The highest BCUT2D eigenvalue weighted by molar-refractivity contribution is 9.10. The van der Waals surface area contributed by atoms with Crippen LogP contribution in [0.5, 0.6) is 11.5 Å². The van der Waals surface area contributed by atoms with Crippen LogP contribution in [-0.4, -0.2) is 30.7 Å². The number of aromatic hydroxyl groups is 1. The maximum Gasteiger partial charge on any atom is 0.342 e. The van der Waals surface area contributed by atoms with E-state index in [9.17, 15) is 14.7 Å². The Morgan fingerprint density at radius 3 is 2.62 bits per heavy atom. The molecule has 0 aliphatic carbocycles. The molecule has 0 unspecified atom stereocenters. The maximum atomic E-state index is 12.0. The molecule has 6 nitrogen and oxygen atoms in total. The van der Waals surface area contributed by atoms with E-state index >= 15 is 0 Å². The number of anilines is 1. The maximum absolute atomic E-state index is 12.0. The summed E-state index contributed by atoms with van der Waals surface area (Å²) in [5, 5.41) is 12.3. The van der Waals surface area contributed by atoms with Crippen LogP contribution in [0.3, 0.4) is 0 Å². The third-order valence-electron chi connectivity index (χ3n) is 3.16. The summed E-state index contributed by atoms with van der Waals surface area (Å²) >= 11 is 3.35. The average molecular weight is 394 g/mol. The van der Waals surface area contributed by atoms with Crippen molar-refractivity contribution in [1.82, 2.24) is 0 Å². The number of halogens is 1. The lowest BCUT2D eigenvalue weighted by Gasteiger charge is -2.10. The van der Waals surface area contributed by atoms with Gasteiger partial charge < -0.3 is 19.9 Å². The van der Waals surface area contributed by atoms with E-state index in [-0.39, 0.29) is 11.3 Å². The number of hydrogen-bond acceptors (Lipinski definition) is 5. The number of amides is 1. The lowest BCUT2D eigenvalue weighted by molar-refractivity contribution is -0.119. The number of phenols is 1. The molecule has 0 saturated heterocycles. The summed E-state index contributed by atoms with van der Waals surface area (Å²) in [6.07, 6.45) is 0. The monoisotopic (exact) mass is 393 g/mol. The largest absolute Gasteiger partial charge is 0.507 e. The van der Waals surface area contributed by atoms with Crippen molar-refractivity contribution in [2.75, 3.05) is 19.0 Å². The molecule has 0 fully saturated rings. The predicted octanol–water partition coefficient (Wildman–Crippen LogP) is 3.27. The van der Waals surface area contributed by atoms with E-state index in [1.807, 2.05) is 19.1 Å². The van der Waals surface area contributed by atoms with Crippen LogP contribution >= 0.6 is 15.9 Å². The van der Waals surface area contributed by atoms with Crippen LogP contribution in [0.2, 0.25) is 0 Å². The normalized spacial score (nSPS) is 10.1. The Morgan fingerprint density at radius 2 is 1.96 bits per heavy atom. The second-order valence-corrected chi connectivity index (χ2v) is 5.85. The number of phenolic OH excluding ortho intramolecular Hbond substituents is 1. The van der Waals surface area contributed by atoms with Crippen molar-refractivity contribution >= 4 is 33.5 Å². The van der Waals surface area contributed by atoms with Crippen molar-refractivity contribution < 1.29 is 24.2 Å². The first-order valence-electron chi connectivity index (χ1n) is 7.01. The van der Waals surface area contributed by atoms with E-state index in [1.54, 1.807) is 6.07 Å². The van der Waals surface area contributed by atoms with Crippen molar-refractivity contribution in [3.63, 3.8) is 0 Å². The first-order chi connectivity index (χ1) is 11.4. The number of rotatable bonds is 5. The molecule has 0 bridgehead atoms. The zero-order valence-electron chi connectivity index (χ0n) is 13.1. The zero-order chi connectivity index (χ0) is 17.7. The van der Waals surface area contributed by atoms with Gasteiger partial charge in [0.25, 0.3) is 5.91 Å². The minimum absolute atomic E-state index is 0.0707. The number of benzene rings is 2. The second kappa shape index (κ2) is 7.83. The van der Waals surface area contributed by atoms with Gasteiger partial charge in [-0.15, -0.1) is 0 Å². The summed E-state index contributed by atoms with van der Waals surface area (Å²) in [5.74, 6) is -1.16. The van der Waals surface area contributed by atoms with Crippen LogP contribution < -0.4 is 10.1 Å². The van der Waals surface area contributed by atoms with E-state index in [2.05, 4.69) is 21.2 Å². The van der Waals surface area contributed by atoms with Gasteiger partial charge in [-0.3, -0.25) is 4.79 Å². The summed E-state index contributed by atoms with van der Waals surface area (Å²) in [7, 11) is 1.44. The van der Waals surface area contributed by atoms with Gasteiger partial charge in [-0.05, 0) is 58.7 Å². The fourth-order valence-electron chi connectivity index (χ4n) is 1.92. The van der Waals surface area contributed by atoms with Crippen molar-refractivity contribution in [2.45, 2.75) is 6.92 Å². The molecule has 0 atom stereocenters. The van der Waals surface area contributed by atoms with Gasteiger partial charge in [0.2, 0.25) is 0 Å². The van der Waals surface area contributed by atoms with Crippen molar-refractivity contribution in [3.05, 3.63) is 52.0 Å². The summed E-state index contributed by atoms with van der Waals surface area (Å²) in [6.45, 7) is 1.45. The van der Waals surface area contributed by atoms with Gasteiger partial charge in [-0.1, -0.05) is 6.07 Å². The lowest BCUT2D eigenvalue weighted by atomic mass is 10.2. The molecule has 0 heterocycles. The van der Waals surface area contributed by atoms with E-state index in [4.69, 9.17) is 9.47 Å². The number of hydrogen-bond donors (Lipinski definition) is 2. The molecule has 2 aromatic rings. The highest BCUT2D eigenvalue weighted by Gasteiger charge is 2.16. The van der Waals surface area contributed by atoms with Gasteiger partial charge >= 0.3 is 5.97 Å². The standard InChI is InChI=1S/C17H16BrNO5/c1-10-3-5-14(13(18)7-10)19-16(21)9-24-17(22)12-8-11(23-2)4-6-15(12)20/h3-8,20H,9H2,1-2H3,(H,19,21). The Labute approximate surface area is 147 Å². The van der Waals surface area contributed by atoms with E-state index < -0.39 is 18.5 Å². The molecule has 0 aromatic heterocycles. The lowest BCUT2D eigenvalue weighted by Crippen LogP contribution is -2.21. The minimum Gasteiger partial charge on any atom is -0.507 e. The molecule has 1 amide bonds. The number of methoxy groups -OCH3 is 1. The number of esters is 1. The zero-order valence-corrected chi connectivity index (χ0v) is 14.7. The van der Waals surface area contributed by atoms with Crippen LogP contribution in [0.1, 0.15) is 15.9 Å². The summed E-state index contributed by atoms with van der Waals surface area (Å²) < 4.78 is 10.6. The van der Waals surface area contributed by atoms with Crippen LogP contribution in [-0.2, 0) is 9.53 Å². The number of carbonyl (C=O) groups excluding carboxylic acids is 2. The van der Waals surface area contributed by atoms with E-state index in [1.165, 1.54) is 25.3 Å². The van der Waals surface area contributed by atoms with Crippen molar-refractivity contribution in [2.24, 2.45) is 0 Å². The molecule has 2 rings (SSSR count). The molecule has 0 radical (unpaired) electrons. The number of nitrogens with one attached hydrogen (secondary N) is 1. The average Bonchev–Trinajstić information content (AvgIpc) is 2.55. The molecule has 0 aliphatic heterocycles. The van der Waals surface area contributed by atoms with Gasteiger partial charge in [0, 0.05) is 4.47 Å². The van der Waals surface area contributed by atoms with E-state index in [0.29, 0.717) is 11.4 Å². The first kappa shape index (κ1) is 17.8. The Kier molecular flexibility index (Phi) is 5.81. The second-order valence-electron chi connectivity index (χ2n) is 4.99. The van der Waals surface area contributed by atoms with Crippen LogP contribution in [0.15, 0.2) is 40.9 Å². The topological polar surface area (TPSA) is 84.9 Å². The van der Waals surface area contributed by atoms with E-state index in [0.717, 1.165) is 10.0 Å². The molecular formula is C17H16BrNO5. The highest BCUT2D eigenvalue weighted by Crippen LogP contribution is 2.24. The fourth-order valence-corrected chi connectivity index (χ4v) is 2.51. The fraction of sp³-hybridized carbons (Fsp3) is 0.176. The summed E-state index contributed by atoms with van der Waals surface area (Å²) in [5.41, 5.74) is 1.55. The van der Waals surface area contributed by atoms with Crippen molar-refractivity contribution in [1.29, 1.82) is 0 Å². The van der Waals surface area contributed by atoms with Crippen LogP contribution in [0.4, 0.5) is 5.69 Å². The minimum atomic E-state index is -0.815. The SMILES string of the molecule is COc1ccc(O)c(C(=O)OCC(=O)Nc2ccc(C)cc2Br)c1. The van der Waals surface area contributed by atoms with Gasteiger partial charge in [0.05, 0.1) is 12.8 Å². The molecule has 2 N–H and O–H groups in total. The Balaban J connectivity index is 1.97. The molecule has 24 heavy (non-hydrogen) atoms. The van der Waals surface area contributed by atoms with Gasteiger partial charge in [-0.25, -0.2) is 4.79 Å². The molecule has 0 spiro atoms. The molecule has 2 aromatic carbocycles. The van der Waals surface area contributed by atoms with Crippen LogP contribution in [0, 0.1) is 6.92 Å². The quantitative estimate of drug-likeness (QED) is 0.761. The molecule has 7 heteroatoms.